The van der Waals surface area contributed by atoms with Crippen LogP contribution in [-0.4, -0.2) is 67.1 Å². The lowest BCUT2D eigenvalue weighted by molar-refractivity contribution is 0.0360. The first-order valence-corrected chi connectivity index (χ1v) is 14.6. The van der Waals surface area contributed by atoms with Gasteiger partial charge < -0.3 is 14.0 Å². The highest BCUT2D eigenvalue weighted by Gasteiger charge is 2.19. The van der Waals surface area contributed by atoms with Crippen molar-refractivity contribution in [2.75, 3.05) is 39.4 Å². The van der Waals surface area contributed by atoms with Gasteiger partial charge in [0.05, 0.1) is 26.0 Å². The van der Waals surface area contributed by atoms with Gasteiger partial charge in [-0.05, 0) is 41.8 Å². The zero-order valence-electron chi connectivity index (χ0n) is 23.0. The van der Waals surface area contributed by atoms with Crippen LogP contribution in [0, 0.1) is 11.6 Å². The van der Waals surface area contributed by atoms with Crippen LogP contribution in [0.15, 0.2) is 65.8 Å². The Hall–Kier alpha value is -3.91. The lowest BCUT2D eigenvalue weighted by atomic mass is 9.95. The number of pyridine rings is 1. The quantitative estimate of drug-likeness (QED) is 0.255. The first-order valence-electron chi connectivity index (χ1n) is 13.4. The lowest BCUT2D eigenvalue weighted by Gasteiger charge is -2.26. The molecule has 0 radical (unpaired) electrons. The molecule has 0 spiro atoms. The van der Waals surface area contributed by atoms with E-state index in [2.05, 4.69) is 14.7 Å². The molecule has 42 heavy (non-hydrogen) atoms. The summed E-state index contributed by atoms with van der Waals surface area (Å²) >= 11 is 0. The molecular weight excluding hydrogens is 568 g/mol. The minimum absolute atomic E-state index is 0.169. The summed E-state index contributed by atoms with van der Waals surface area (Å²) in [5.41, 5.74) is 3.00. The summed E-state index contributed by atoms with van der Waals surface area (Å²) in [7, 11) is -1.12. The zero-order chi connectivity index (χ0) is 29.6. The summed E-state index contributed by atoms with van der Waals surface area (Å²) in [4.78, 5) is 15.1. The van der Waals surface area contributed by atoms with Gasteiger partial charge in [0, 0.05) is 74.4 Å². The van der Waals surface area contributed by atoms with Crippen LogP contribution in [-0.2, 0) is 35.6 Å². The van der Waals surface area contributed by atoms with E-state index in [0.717, 1.165) is 37.3 Å². The predicted octanol–water partition coefficient (Wildman–Crippen LogP) is 2.98. The average molecular weight is 600 g/mol. The summed E-state index contributed by atoms with van der Waals surface area (Å²) in [5.74, 6) is -1.49. The molecule has 1 aliphatic heterocycles. The molecule has 1 N–H and O–H groups in total. The number of rotatable bonds is 11. The van der Waals surface area contributed by atoms with Gasteiger partial charge in [-0.2, -0.15) is 5.10 Å². The second-order valence-electron chi connectivity index (χ2n) is 9.92. The fraction of sp³-hybridized carbons (Fsp3) is 0.310. The summed E-state index contributed by atoms with van der Waals surface area (Å²) in [6.07, 6.45) is 5.61. The topological polar surface area (TPSA) is 108 Å². The van der Waals surface area contributed by atoms with Crippen molar-refractivity contribution < 1.29 is 26.7 Å². The lowest BCUT2D eigenvalue weighted by Crippen LogP contribution is -2.38. The van der Waals surface area contributed by atoms with E-state index >= 15 is 0 Å². The molecule has 3 heterocycles. The van der Waals surface area contributed by atoms with E-state index in [1.165, 1.54) is 16.7 Å². The second-order valence-corrected chi connectivity index (χ2v) is 10.7. The third kappa shape index (κ3) is 7.29. The number of aryl methyl sites for hydroxylation is 1. The highest BCUT2D eigenvalue weighted by molar-refractivity contribution is 7.70. The highest BCUT2D eigenvalue weighted by Crippen LogP contribution is 2.39. The normalized spacial score (nSPS) is 14.0. The van der Waals surface area contributed by atoms with Crippen molar-refractivity contribution in [1.82, 2.24) is 24.0 Å². The Labute approximate surface area is 243 Å². The third-order valence-corrected chi connectivity index (χ3v) is 7.51. The van der Waals surface area contributed by atoms with Crippen LogP contribution >= 0.6 is 0 Å². The molecule has 0 unspecified atom stereocenters. The van der Waals surface area contributed by atoms with Crippen LogP contribution in [0.2, 0.25) is 0 Å². The van der Waals surface area contributed by atoms with Gasteiger partial charge in [-0.25, -0.2) is 21.9 Å². The van der Waals surface area contributed by atoms with E-state index in [-0.39, 0.29) is 23.6 Å². The van der Waals surface area contributed by atoms with E-state index < -0.39 is 22.5 Å². The van der Waals surface area contributed by atoms with Crippen LogP contribution in [0.4, 0.5) is 8.78 Å². The Kier molecular flexibility index (Phi) is 9.42. The van der Waals surface area contributed by atoms with Crippen molar-refractivity contribution in [3.63, 3.8) is 0 Å². The molecule has 2 aromatic heterocycles. The zero-order valence-corrected chi connectivity index (χ0v) is 23.9. The van der Waals surface area contributed by atoms with Crippen molar-refractivity contribution in [3.8, 4) is 33.8 Å². The minimum atomic E-state index is -2.75. The van der Waals surface area contributed by atoms with Crippen molar-refractivity contribution in [2.24, 2.45) is 7.05 Å². The first-order chi connectivity index (χ1) is 20.3. The van der Waals surface area contributed by atoms with Gasteiger partial charge in [0.15, 0.2) is 11.6 Å². The van der Waals surface area contributed by atoms with Gasteiger partial charge in [-0.3, -0.25) is 14.4 Å². The van der Waals surface area contributed by atoms with Crippen LogP contribution in [0.1, 0.15) is 5.56 Å². The number of benzene rings is 2. The Balaban J connectivity index is 1.53. The molecule has 0 amide bonds. The maximum Gasteiger partial charge on any atom is 0.250 e. The smallest absolute Gasteiger partial charge is 0.250 e. The molecule has 0 atom stereocenters. The van der Waals surface area contributed by atoms with E-state index in [9.17, 15) is 22.0 Å². The number of hydrogen-bond donors (Lipinski definition) is 2. The van der Waals surface area contributed by atoms with Crippen molar-refractivity contribution in [2.45, 2.75) is 13.0 Å². The summed E-state index contributed by atoms with van der Waals surface area (Å²) in [5, 5.41) is 4.52. The maximum atomic E-state index is 14.6. The van der Waals surface area contributed by atoms with Crippen LogP contribution in [0.5, 0.6) is 11.5 Å². The number of thiol groups is 1. The molecular formula is C29H31F2N5O5S. The second kappa shape index (κ2) is 13.4. The molecule has 5 rings (SSSR count). The molecule has 1 fully saturated rings. The molecule has 222 valence electrons. The predicted molar refractivity (Wildman–Crippen MR) is 154 cm³/mol. The number of nitrogens with zero attached hydrogens (tertiary/aromatic N) is 4. The Morgan fingerprint density at radius 2 is 1.76 bits per heavy atom. The van der Waals surface area contributed by atoms with Crippen molar-refractivity contribution in [1.29, 1.82) is 0 Å². The van der Waals surface area contributed by atoms with Gasteiger partial charge in [-0.1, -0.05) is 6.07 Å². The molecule has 1 saturated heterocycles. The standard InChI is InChI=1S/C29H31F2N5O5S/c1-34-19-25(23(16-29(34)37)21-17-32-36(18-21)9-8-35-10-12-40-13-11-35)24-14-20(6-7-33-42(38)39)2-4-27(24)41-28-5-3-22(30)15-26(28)31/h2-5,14-19,42H,6-13H2,1H3,(H,33,38,39). The fourth-order valence-electron chi connectivity index (χ4n) is 4.78. The molecule has 10 nitrogen and oxygen atoms in total. The SMILES string of the molecule is Cn1cc(-c2cc(CCN[SH](=O)=O)ccc2Oc2ccc(F)cc2F)c(-c2cnn(CCN3CCOCC3)c2)cc1=O. The fourth-order valence-corrected chi connectivity index (χ4v) is 5.07. The first kappa shape index (κ1) is 29.6. The number of morpholine rings is 1. The molecule has 1 aliphatic rings. The Morgan fingerprint density at radius 1 is 0.976 bits per heavy atom. The van der Waals surface area contributed by atoms with E-state index in [4.69, 9.17) is 9.47 Å². The Bertz CT molecular complexity index is 1690. The largest absolute Gasteiger partial charge is 0.454 e. The van der Waals surface area contributed by atoms with Gasteiger partial charge in [0.25, 0.3) is 5.56 Å². The van der Waals surface area contributed by atoms with Gasteiger partial charge >= 0.3 is 0 Å². The van der Waals surface area contributed by atoms with Crippen LogP contribution in [0.25, 0.3) is 22.3 Å². The highest BCUT2D eigenvalue weighted by atomic mass is 32.2. The van der Waals surface area contributed by atoms with Gasteiger partial charge in [-0.15, -0.1) is 0 Å². The summed E-state index contributed by atoms with van der Waals surface area (Å²) in [6, 6.07) is 9.75. The molecule has 13 heteroatoms. The number of halogens is 2. The monoisotopic (exact) mass is 599 g/mol. The summed E-state index contributed by atoms with van der Waals surface area (Å²) < 4.78 is 67.1. The molecule has 4 aromatic rings. The average Bonchev–Trinajstić information content (AvgIpc) is 3.44. The molecule has 0 bridgehead atoms. The molecule has 0 aliphatic carbocycles. The number of ether oxygens (including phenoxy) is 2. The van der Waals surface area contributed by atoms with E-state index in [0.29, 0.717) is 48.4 Å². The number of nitrogens with one attached hydrogen (secondary N) is 1. The van der Waals surface area contributed by atoms with Crippen LogP contribution in [0.3, 0.4) is 0 Å². The maximum absolute atomic E-state index is 14.6. The number of hydrogen-bond acceptors (Lipinski definition) is 7. The molecule has 0 saturated carbocycles. The van der Waals surface area contributed by atoms with E-state index in [1.54, 1.807) is 31.6 Å². The van der Waals surface area contributed by atoms with Crippen LogP contribution < -0.4 is 15.0 Å². The Morgan fingerprint density at radius 3 is 2.52 bits per heavy atom. The molecule has 2 aromatic carbocycles. The van der Waals surface area contributed by atoms with Crippen molar-refractivity contribution >= 4 is 10.9 Å². The minimum Gasteiger partial charge on any atom is -0.454 e. The third-order valence-electron chi connectivity index (χ3n) is 7.02. The van der Waals surface area contributed by atoms with Crippen molar-refractivity contribution in [3.05, 3.63) is 88.6 Å². The summed E-state index contributed by atoms with van der Waals surface area (Å²) in [6.45, 7) is 4.78. The number of aromatic nitrogens is 3. The van der Waals surface area contributed by atoms with Gasteiger partial charge in [0.2, 0.25) is 10.9 Å². The van der Waals surface area contributed by atoms with E-state index in [1.807, 2.05) is 16.9 Å². The van der Waals surface area contributed by atoms with Gasteiger partial charge in [0.1, 0.15) is 11.6 Å².